The lowest BCUT2D eigenvalue weighted by molar-refractivity contribution is -0.132. The summed E-state index contributed by atoms with van der Waals surface area (Å²) in [6.07, 6.45) is 16.3. The van der Waals surface area contributed by atoms with E-state index >= 15 is 0 Å². The van der Waals surface area contributed by atoms with Crippen LogP contribution in [0.2, 0.25) is 0 Å². The van der Waals surface area contributed by atoms with Crippen molar-refractivity contribution < 1.29 is 9.18 Å². The number of halogens is 1. The van der Waals surface area contributed by atoms with E-state index in [4.69, 9.17) is 10.7 Å². The minimum atomic E-state index is -0.660. The average molecular weight is 428 g/mol. The molecule has 4 rings (SSSR count). The van der Waals surface area contributed by atoms with Gasteiger partial charge in [-0.25, -0.2) is 9.38 Å². The molecule has 1 aromatic rings. The van der Waals surface area contributed by atoms with Gasteiger partial charge in [0.15, 0.2) is 5.96 Å². The molecule has 5 heteroatoms. The smallest absolute Gasteiger partial charge is 0.257 e. The molecule has 2 N–H and O–H groups in total. The lowest BCUT2D eigenvalue weighted by Gasteiger charge is -2.33. The van der Waals surface area contributed by atoms with Gasteiger partial charge in [0.25, 0.3) is 5.91 Å². The van der Waals surface area contributed by atoms with Gasteiger partial charge in [-0.15, -0.1) is 0 Å². The van der Waals surface area contributed by atoms with E-state index in [0.717, 1.165) is 30.7 Å². The van der Waals surface area contributed by atoms with E-state index in [0.29, 0.717) is 24.8 Å². The van der Waals surface area contributed by atoms with Crippen LogP contribution in [0.3, 0.4) is 0 Å². The Labute approximate surface area is 186 Å². The molecule has 2 saturated carbocycles. The van der Waals surface area contributed by atoms with Crippen molar-refractivity contribution in [3.63, 3.8) is 0 Å². The molecule has 170 valence electrons. The first-order chi connectivity index (χ1) is 15.1. The van der Waals surface area contributed by atoms with E-state index in [1.807, 2.05) is 0 Å². The Morgan fingerprint density at radius 3 is 2.23 bits per heavy atom. The highest BCUT2D eigenvalue weighted by Gasteiger charge is 2.48. The number of carbonyl (C=O) groups excluding carboxylic acids is 1. The lowest BCUT2D eigenvalue weighted by Crippen LogP contribution is -2.46. The molecule has 1 atom stereocenters. The third-order valence-corrected chi connectivity index (χ3v) is 7.83. The van der Waals surface area contributed by atoms with Gasteiger partial charge in [0.2, 0.25) is 0 Å². The van der Waals surface area contributed by atoms with Crippen LogP contribution < -0.4 is 5.73 Å². The van der Waals surface area contributed by atoms with Crippen molar-refractivity contribution in [3.05, 3.63) is 35.6 Å². The number of nitrogens with zero attached hydrogens (tertiary/aromatic N) is 2. The third kappa shape index (κ3) is 5.48. The van der Waals surface area contributed by atoms with Crippen LogP contribution in [0.5, 0.6) is 0 Å². The van der Waals surface area contributed by atoms with Crippen LogP contribution >= 0.6 is 0 Å². The Morgan fingerprint density at radius 1 is 0.968 bits per heavy atom. The first kappa shape index (κ1) is 22.3. The second-order valence-corrected chi connectivity index (χ2v) is 10.1. The molecule has 0 spiro atoms. The maximum Gasteiger partial charge on any atom is 0.257 e. The van der Waals surface area contributed by atoms with Crippen LogP contribution in [0.4, 0.5) is 4.39 Å². The Balaban J connectivity index is 1.46. The topological polar surface area (TPSA) is 58.7 Å². The Hall–Kier alpha value is -1.91. The lowest BCUT2D eigenvalue weighted by atomic mass is 9.75. The molecule has 0 saturated heterocycles. The zero-order valence-electron chi connectivity index (χ0n) is 18.8. The summed E-state index contributed by atoms with van der Waals surface area (Å²) in [7, 11) is 0. The molecule has 0 bridgehead atoms. The monoisotopic (exact) mass is 427 g/mol. The van der Waals surface area contributed by atoms with Gasteiger partial charge in [-0.05, 0) is 55.2 Å². The number of hydrogen-bond acceptors (Lipinski definition) is 3. The Morgan fingerprint density at radius 2 is 1.58 bits per heavy atom. The van der Waals surface area contributed by atoms with E-state index in [-0.39, 0.29) is 11.7 Å². The van der Waals surface area contributed by atoms with Crippen LogP contribution in [0.1, 0.15) is 89.0 Å². The van der Waals surface area contributed by atoms with Crippen molar-refractivity contribution in [1.82, 2.24) is 4.90 Å². The number of carbonyl (C=O) groups is 1. The summed E-state index contributed by atoms with van der Waals surface area (Å²) in [6.45, 7) is 0.510. The quantitative estimate of drug-likeness (QED) is 0.587. The molecule has 1 aliphatic heterocycles. The SMILES string of the molecule is NC1=NC(CCC2CCCCC2)(CC2CCCCC2)C(=O)N1CCc1ccc(F)cc1. The molecular weight excluding hydrogens is 389 g/mol. The normalized spacial score (nSPS) is 25.8. The van der Waals surface area contributed by atoms with Crippen molar-refractivity contribution in [2.75, 3.05) is 6.54 Å². The fraction of sp³-hybridized carbons (Fsp3) is 0.692. The van der Waals surface area contributed by atoms with E-state index in [1.165, 1.54) is 76.3 Å². The molecule has 1 amide bonds. The predicted octanol–water partition coefficient (Wildman–Crippen LogP) is 5.59. The van der Waals surface area contributed by atoms with E-state index in [9.17, 15) is 9.18 Å². The molecule has 3 aliphatic rings. The van der Waals surface area contributed by atoms with Crippen molar-refractivity contribution in [2.24, 2.45) is 22.6 Å². The minimum Gasteiger partial charge on any atom is -0.369 e. The first-order valence-electron chi connectivity index (χ1n) is 12.5. The number of hydrogen-bond donors (Lipinski definition) is 1. The van der Waals surface area contributed by atoms with Crippen LogP contribution in [-0.4, -0.2) is 28.9 Å². The molecule has 2 fully saturated rings. The van der Waals surface area contributed by atoms with E-state index in [2.05, 4.69) is 0 Å². The third-order valence-electron chi connectivity index (χ3n) is 7.83. The van der Waals surface area contributed by atoms with Crippen LogP contribution in [0.25, 0.3) is 0 Å². The maximum absolute atomic E-state index is 13.7. The average Bonchev–Trinajstić information content (AvgIpc) is 3.02. The van der Waals surface area contributed by atoms with Gasteiger partial charge < -0.3 is 5.73 Å². The molecule has 1 aromatic carbocycles. The Bertz CT molecular complexity index is 765. The molecular formula is C26H38FN3O. The van der Waals surface area contributed by atoms with Crippen molar-refractivity contribution in [3.8, 4) is 0 Å². The van der Waals surface area contributed by atoms with Crippen LogP contribution in [0.15, 0.2) is 29.3 Å². The summed E-state index contributed by atoms with van der Waals surface area (Å²) < 4.78 is 13.2. The molecule has 0 aromatic heterocycles. The molecule has 0 radical (unpaired) electrons. The first-order valence-corrected chi connectivity index (χ1v) is 12.5. The fourth-order valence-corrected chi connectivity index (χ4v) is 5.98. The number of nitrogens with two attached hydrogens (primary N) is 1. The highest BCUT2D eigenvalue weighted by Crippen LogP contribution is 2.40. The van der Waals surface area contributed by atoms with Crippen molar-refractivity contribution >= 4 is 11.9 Å². The van der Waals surface area contributed by atoms with Crippen LogP contribution in [0, 0.1) is 17.7 Å². The van der Waals surface area contributed by atoms with Gasteiger partial charge in [0.05, 0.1) is 0 Å². The summed E-state index contributed by atoms with van der Waals surface area (Å²) in [5.74, 6) is 1.56. The molecule has 31 heavy (non-hydrogen) atoms. The van der Waals surface area contributed by atoms with Gasteiger partial charge in [0, 0.05) is 6.54 Å². The van der Waals surface area contributed by atoms with Gasteiger partial charge in [-0.3, -0.25) is 9.69 Å². The summed E-state index contributed by atoms with van der Waals surface area (Å²) in [6, 6.07) is 6.50. The van der Waals surface area contributed by atoms with Crippen molar-refractivity contribution in [1.29, 1.82) is 0 Å². The minimum absolute atomic E-state index is 0.105. The van der Waals surface area contributed by atoms with Crippen LogP contribution in [-0.2, 0) is 11.2 Å². The van der Waals surface area contributed by atoms with Gasteiger partial charge in [0.1, 0.15) is 11.4 Å². The molecule has 4 nitrogen and oxygen atoms in total. The summed E-state index contributed by atoms with van der Waals surface area (Å²) in [5.41, 5.74) is 6.69. The zero-order chi connectivity index (χ0) is 21.7. The largest absolute Gasteiger partial charge is 0.369 e. The van der Waals surface area contributed by atoms with Gasteiger partial charge >= 0.3 is 0 Å². The molecule has 1 unspecified atom stereocenters. The zero-order valence-corrected chi connectivity index (χ0v) is 18.8. The molecule has 1 heterocycles. The number of rotatable bonds is 8. The van der Waals surface area contributed by atoms with Gasteiger partial charge in [-0.2, -0.15) is 0 Å². The van der Waals surface area contributed by atoms with E-state index in [1.54, 1.807) is 17.0 Å². The Kier molecular flexibility index (Phi) is 7.29. The number of amides is 1. The highest BCUT2D eigenvalue weighted by molar-refractivity contribution is 6.06. The van der Waals surface area contributed by atoms with Gasteiger partial charge in [-0.1, -0.05) is 76.3 Å². The second-order valence-electron chi connectivity index (χ2n) is 10.1. The summed E-state index contributed by atoms with van der Waals surface area (Å²) in [4.78, 5) is 20.3. The number of guanidine groups is 1. The van der Waals surface area contributed by atoms with E-state index < -0.39 is 5.54 Å². The standard InChI is InChI=1S/C26H38FN3O/c27-23-13-11-21(12-14-23)16-18-30-24(31)26(29-25(30)28,19-22-9-5-2-6-10-22)17-15-20-7-3-1-4-8-20/h11-14,20,22H,1-10,15-19H2,(H2,28,29). The number of aliphatic imine (C=N–C) groups is 1. The fourth-order valence-electron chi connectivity index (χ4n) is 5.98. The second kappa shape index (κ2) is 10.1. The number of benzene rings is 1. The predicted molar refractivity (Wildman–Crippen MR) is 123 cm³/mol. The maximum atomic E-state index is 13.7. The summed E-state index contributed by atoms with van der Waals surface area (Å²) in [5, 5.41) is 0. The molecule has 2 aliphatic carbocycles. The summed E-state index contributed by atoms with van der Waals surface area (Å²) >= 11 is 0. The van der Waals surface area contributed by atoms with Crippen molar-refractivity contribution in [2.45, 2.75) is 95.4 Å². The highest BCUT2D eigenvalue weighted by atomic mass is 19.1.